The summed E-state index contributed by atoms with van der Waals surface area (Å²) in [5.74, 6) is -2.76. The van der Waals surface area contributed by atoms with Crippen LogP contribution in [0.5, 0.6) is 0 Å². The highest BCUT2D eigenvalue weighted by atomic mass is 35.5. The number of urea groups is 1. The molecule has 2 aromatic carbocycles. The fourth-order valence-corrected chi connectivity index (χ4v) is 3.55. The van der Waals surface area contributed by atoms with Crippen molar-refractivity contribution in [3.63, 3.8) is 0 Å². The molecule has 0 aliphatic heterocycles. The predicted octanol–water partition coefficient (Wildman–Crippen LogP) is 5.85. The van der Waals surface area contributed by atoms with Gasteiger partial charge in [0.05, 0.1) is 16.5 Å². The first-order valence-electron chi connectivity index (χ1n) is 9.61. The lowest BCUT2D eigenvalue weighted by molar-refractivity contribution is 0.184. The van der Waals surface area contributed by atoms with E-state index in [0.717, 1.165) is 18.2 Å². The number of nitrogens with one attached hydrogen (secondary N) is 2. The number of amides is 2. The third-order valence-electron chi connectivity index (χ3n) is 4.89. The van der Waals surface area contributed by atoms with Crippen molar-refractivity contribution >= 4 is 34.1 Å². The molecular formula is C22H21ClF3N3O2. The third-order valence-corrected chi connectivity index (χ3v) is 5.18. The van der Waals surface area contributed by atoms with Gasteiger partial charge in [-0.05, 0) is 54.1 Å². The maximum Gasteiger partial charge on any atom is 0.322 e. The minimum Gasteiger partial charge on any atom is -0.328 e. The van der Waals surface area contributed by atoms with Gasteiger partial charge < -0.3 is 15.2 Å². The minimum atomic E-state index is -1.13. The fraction of sp³-hybridized carbons (Fsp3) is 0.273. The zero-order chi connectivity index (χ0) is 22.9. The molecule has 2 N–H and O–H groups in total. The van der Waals surface area contributed by atoms with E-state index in [1.165, 1.54) is 23.2 Å². The molecular weight excluding hydrogens is 431 g/mol. The number of fused-ring (bicyclic) bond motifs is 1. The van der Waals surface area contributed by atoms with Crippen LogP contribution in [0.1, 0.15) is 32.4 Å². The van der Waals surface area contributed by atoms with Gasteiger partial charge in [-0.25, -0.2) is 18.0 Å². The first-order valence-corrected chi connectivity index (χ1v) is 9.99. The molecule has 31 heavy (non-hydrogen) atoms. The summed E-state index contributed by atoms with van der Waals surface area (Å²) < 4.78 is 41.0. The Morgan fingerprint density at radius 2 is 1.71 bits per heavy atom. The van der Waals surface area contributed by atoms with Gasteiger partial charge in [0, 0.05) is 18.4 Å². The first kappa shape index (κ1) is 22.7. The molecule has 0 unspecified atom stereocenters. The number of pyridine rings is 1. The van der Waals surface area contributed by atoms with Crippen molar-refractivity contribution in [2.45, 2.75) is 26.8 Å². The van der Waals surface area contributed by atoms with E-state index in [9.17, 15) is 22.8 Å². The lowest BCUT2D eigenvalue weighted by Gasteiger charge is -2.31. The molecule has 5 nitrogen and oxygen atoms in total. The molecule has 0 aliphatic carbocycles. The Morgan fingerprint density at radius 1 is 1.06 bits per heavy atom. The van der Waals surface area contributed by atoms with Crippen LogP contribution in [0.2, 0.25) is 5.02 Å². The first-order chi connectivity index (χ1) is 14.6. The van der Waals surface area contributed by atoms with E-state index in [4.69, 9.17) is 11.6 Å². The fourth-order valence-electron chi connectivity index (χ4n) is 3.37. The van der Waals surface area contributed by atoms with Crippen molar-refractivity contribution < 1.29 is 18.0 Å². The highest BCUT2D eigenvalue weighted by Crippen LogP contribution is 2.29. The summed E-state index contributed by atoms with van der Waals surface area (Å²) in [6.45, 7) is 5.88. The molecule has 9 heteroatoms. The number of carbonyl (C=O) groups excluding carboxylic acids is 1. The van der Waals surface area contributed by atoms with Gasteiger partial charge in [-0.15, -0.1) is 0 Å². The maximum atomic E-state index is 13.9. The van der Waals surface area contributed by atoms with Crippen LogP contribution >= 0.6 is 11.6 Å². The standard InChI is InChI=1S/C22H21ClF3N3O2/c1-11(2)10-29(22(31)28-13-4-5-18(24)17(23)6-13)12(3)16-9-27-21(30)15-8-20(26)19(25)7-14(15)16/h4-9,11-12H,10H2,1-3H3,(H,27,30)(H,28,31)/t12-/m0/s1. The lowest BCUT2D eigenvalue weighted by atomic mass is 10.0. The van der Waals surface area contributed by atoms with Gasteiger partial charge in [0.1, 0.15) is 5.82 Å². The van der Waals surface area contributed by atoms with E-state index >= 15 is 0 Å². The number of H-pyrrole nitrogens is 1. The Balaban J connectivity index is 2.01. The number of rotatable bonds is 5. The van der Waals surface area contributed by atoms with Gasteiger partial charge in [-0.2, -0.15) is 0 Å². The Kier molecular flexibility index (Phi) is 6.59. The molecule has 1 atom stereocenters. The van der Waals surface area contributed by atoms with Crippen LogP contribution in [0.25, 0.3) is 10.8 Å². The number of halogens is 4. The van der Waals surface area contributed by atoms with Crippen molar-refractivity contribution in [3.8, 4) is 0 Å². The zero-order valence-corrected chi connectivity index (χ0v) is 17.9. The van der Waals surface area contributed by atoms with Gasteiger partial charge in [-0.1, -0.05) is 25.4 Å². The molecule has 3 rings (SSSR count). The summed E-state index contributed by atoms with van der Waals surface area (Å²) in [6, 6.07) is 4.50. The quantitative estimate of drug-likeness (QED) is 0.511. The number of carbonyl (C=O) groups is 1. The smallest absolute Gasteiger partial charge is 0.322 e. The van der Waals surface area contributed by atoms with Crippen LogP contribution in [-0.4, -0.2) is 22.5 Å². The summed E-state index contributed by atoms with van der Waals surface area (Å²) in [5.41, 5.74) is 0.184. The Morgan fingerprint density at radius 3 is 2.32 bits per heavy atom. The van der Waals surface area contributed by atoms with Crippen LogP contribution in [-0.2, 0) is 0 Å². The topological polar surface area (TPSA) is 65.2 Å². The van der Waals surface area contributed by atoms with Gasteiger partial charge >= 0.3 is 6.03 Å². The molecule has 1 heterocycles. The molecule has 0 aliphatic rings. The number of aromatic nitrogens is 1. The average molecular weight is 452 g/mol. The monoisotopic (exact) mass is 451 g/mol. The van der Waals surface area contributed by atoms with E-state index in [0.29, 0.717) is 17.8 Å². The summed E-state index contributed by atoms with van der Waals surface area (Å²) >= 11 is 5.79. The van der Waals surface area contributed by atoms with E-state index < -0.39 is 35.1 Å². The minimum absolute atomic E-state index is 0.0153. The molecule has 3 aromatic rings. The summed E-state index contributed by atoms with van der Waals surface area (Å²) in [5, 5.41) is 2.74. The predicted molar refractivity (Wildman–Crippen MR) is 115 cm³/mol. The molecule has 1 aromatic heterocycles. The number of anilines is 1. The summed E-state index contributed by atoms with van der Waals surface area (Å²) in [7, 11) is 0. The molecule has 0 saturated carbocycles. The van der Waals surface area contributed by atoms with Gasteiger partial charge in [0.15, 0.2) is 11.6 Å². The number of benzene rings is 2. The Hall–Kier alpha value is -3.00. The van der Waals surface area contributed by atoms with Crippen LogP contribution < -0.4 is 10.9 Å². The Labute approximate surface area is 181 Å². The average Bonchev–Trinajstić information content (AvgIpc) is 2.70. The number of hydrogen-bond donors (Lipinski definition) is 2. The molecule has 0 fully saturated rings. The number of hydrogen-bond acceptors (Lipinski definition) is 2. The van der Waals surface area contributed by atoms with Crippen LogP contribution in [0, 0.1) is 23.4 Å². The molecule has 164 valence electrons. The SMILES string of the molecule is CC(C)CN(C(=O)Nc1ccc(F)c(Cl)c1)[C@@H](C)c1c[nH]c(=O)c2cc(F)c(F)cc12. The third kappa shape index (κ3) is 4.85. The highest BCUT2D eigenvalue weighted by molar-refractivity contribution is 6.31. The van der Waals surface area contributed by atoms with E-state index in [2.05, 4.69) is 10.3 Å². The second-order valence-electron chi connectivity index (χ2n) is 7.67. The molecule has 0 spiro atoms. The van der Waals surface area contributed by atoms with Gasteiger partial charge in [-0.3, -0.25) is 4.79 Å². The largest absolute Gasteiger partial charge is 0.328 e. The molecule has 0 radical (unpaired) electrons. The van der Waals surface area contributed by atoms with Crippen molar-refractivity contribution in [1.82, 2.24) is 9.88 Å². The summed E-state index contributed by atoms with van der Waals surface area (Å²) in [4.78, 5) is 29.2. The zero-order valence-electron chi connectivity index (χ0n) is 17.1. The molecule has 2 amide bonds. The van der Waals surface area contributed by atoms with Gasteiger partial charge in [0.25, 0.3) is 5.56 Å². The van der Waals surface area contributed by atoms with E-state index in [1.807, 2.05) is 13.8 Å². The van der Waals surface area contributed by atoms with E-state index in [1.54, 1.807) is 6.92 Å². The highest BCUT2D eigenvalue weighted by Gasteiger charge is 2.25. The lowest BCUT2D eigenvalue weighted by Crippen LogP contribution is -2.39. The number of nitrogens with zero attached hydrogens (tertiary/aromatic N) is 1. The second kappa shape index (κ2) is 9.01. The van der Waals surface area contributed by atoms with Crippen LogP contribution in [0.15, 0.2) is 41.3 Å². The Bertz CT molecular complexity index is 1200. The molecule has 0 bridgehead atoms. The van der Waals surface area contributed by atoms with Crippen molar-refractivity contribution in [2.75, 3.05) is 11.9 Å². The second-order valence-corrected chi connectivity index (χ2v) is 8.07. The van der Waals surface area contributed by atoms with Crippen LogP contribution in [0.3, 0.4) is 0 Å². The normalized spacial score (nSPS) is 12.3. The van der Waals surface area contributed by atoms with E-state index in [-0.39, 0.29) is 21.7 Å². The van der Waals surface area contributed by atoms with Crippen molar-refractivity contribution in [1.29, 1.82) is 0 Å². The van der Waals surface area contributed by atoms with Crippen molar-refractivity contribution in [3.05, 3.63) is 74.9 Å². The van der Waals surface area contributed by atoms with Crippen LogP contribution in [0.4, 0.5) is 23.7 Å². The summed E-state index contributed by atoms with van der Waals surface area (Å²) in [6.07, 6.45) is 1.39. The number of aromatic amines is 1. The van der Waals surface area contributed by atoms with Crippen molar-refractivity contribution in [2.24, 2.45) is 5.92 Å². The van der Waals surface area contributed by atoms with Gasteiger partial charge in [0.2, 0.25) is 0 Å². The maximum absolute atomic E-state index is 13.9. The molecule has 0 saturated heterocycles.